The molecule has 1 saturated heterocycles. The fourth-order valence-corrected chi connectivity index (χ4v) is 3.08. The average Bonchev–Trinajstić information content (AvgIpc) is 2.62. The molecule has 0 radical (unpaired) electrons. The quantitative estimate of drug-likeness (QED) is 0.917. The first kappa shape index (κ1) is 16.0. The molecule has 2 aliphatic rings. The Balaban J connectivity index is 1.54. The molecule has 1 aromatic carbocycles. The third kappa shape index (κ3) is 3.61. The van der Waals surface area contributed by atoms with Gasteiger partial charge in [-0.05, 0) is 26.1 Å². The van der Waals surface area contributed by atoms with Crippen molar-refractivity contribution < 1.29 is 9.47 Å². The number of ether oxygens (including phenoxy) is 2. The average molecular weight is 341 g/mol. The van der Waals surface area contributed by atoms with E-state index < -0.39 is 0 Å². The number of benzene rings is 1. The highest BCUT2D eigenvalue weighted by Gasteiger charge is 2.17. The second-order valence-corrected chi connectivity index (χ2v) is 6.43. The van der Waals surface area contributed by atoms with Crippen molar-refractivity contribution in [1.29, 1.82) is 0 Å². The Morgan fingerprint density at radius 1 is 0.960 bits per heavy atom. The van der Waals surface area contributed by atoms with E-state index in [0.29, 0.717) is 13.2 Å². The molecular formula is C18H23N5O2. The molecule has 1 N–H and O–H groups in total. The largest absolute Gasteiger partial charge is 0.486 e. The minimum atomic E-state index is 0.580. The van der Waals surface area contributed by atoms with Crippen molar-refractivity contribution in [3.05, 3.63) is 30.1 Å². The van der Waals surface area contributed by atoms with E-state index in [1.54, 1.807) is 0 Å². The van der Waals surface area contributed by atoms with Crippen LogP contribution in [0.1, 0.15) is 5.82 Å². The number of nitrogens with zero attached hydrogens (tertiary/aromatic N) is 4. The van der Waals surface area contributed by atoms with E-state index in [1.807, 2.05) is 31.2 Å². The first-order valence-corrected chi connectivity index (χ1v) is 8.63. The van der Waals surface area contributed by atoms with Crippen molar-refractivity contribution in [2.75, 3.05) is 56.7 Å². The highest BCUT2D eigenvalue weighted by molar-refractivity contribution is 5.63. The van der Waals surface area contributed by atoms with Gasteiger partial charge in [0.15, 0.2) is 11.5 Å². The molecule has 0 aliphatic carbocycles. The van der Waals surface area contributed by atoms with Gasteiger partial charge in [-0.25, -0.2) is 9.97 Å². The summed E-state index contributed by atoms with van der Waals surface area (Å²) >= 11 is 0. The first-order chi connectivity index (χ1) is 12.2. The maximum Gasteiger partial charge on any atom is 0.163 e. The van der Waals surface area contributed by atoms with Gasteiger partial charge in [0.25, 0.3) is 0 Å². The number of hydrogen-bond donors (Lipinski definition) is 1. The van der Waals surface area contributed by atoms with Crippen LogP contribution in [-0.4, -0.2) is 61.3 Å². The smallest absolute Gasteiger partial charge is 0.163 e. The Labute approximate surface area is 147 Å². The number of aryl methyl sites for hydroxylation is 1. The Bertz CT molecular complexity index is 759. The number of piperazine rings is 1. The van der Waals surface area contributed by atoms with E-state index in [0.717, 1.165) is 60.8 Å². The Hall–Kier alpha value is -2.54. The zero-order valence-corrected chi connectivity index (χ0v) is 14.7. The molecule has 25 heavy (non-hydrogen) atoms. The summed E-state index contributed by atoms with van der Waals surface area (Å²) in [7, 11) is 2.15. The lowest BCUT2D eigenvalue weighted by Crippen LogP contribution is -2.44. The van der Waals surface area contributed by atoms with Crippen molar-refractivity contribution in [3.63, 3.8) is 0 Å². The molecule has 0 bridgehead atoms. The summed E-state index contributed by atoms with van der Waals surface area (Å²) in [5, 5.41) is 3.36. The van der Waals surface area contributed by atoms with E-state index in [4.69, 9.17) is 9.47 Å². The molecule has 0 saturated carbocycles. The van der Waals surface area contributed by atoms with E-state index in [1.165, 1.54) is 0 Å². The van der Waals surface area contributed by atoms with Crippen molar-refractivity contribution >= 4 is 17.3 Å². The predicted molar refractivity (Wildman–Crippen MR) is 97.2 cm³/mol. The highest BCUT2D eigenvalue weighted by Crippen LogP contribution is 2.33. The monoisotopic (exact) mass is 341 g/mol. The number of fused-ring (bicyclic) bond motifs is 1. The van der Waals surface area contributed by atoms with Crippen molar-refractivity contribution in [2.45, 2.75) is 6.92 Å². The number of aromatic nitrogens is 2. The second kappa shape index (κ2) is 6.76. The molecule has 0 atom stereocenters. The Kier molecular flexibility index (Phi) is 4.31. The number of nitrogens with one attached hydrogen (secondary N) is 1. The summed E-state index contributed by atoms with van der Waals surface area (Å²) in [6, 6.07) is 7.85. The van der Waals surface area contributed by atoms with E-state index in [-0.39, 0.29) is 0 Å². The standard InChI is InChI=1S/C18H23N5O2/c1-13-19-17(12-18(20-13)23-7-5-22(2)6-8-23)21-14-3-4-15-16(11-14)25-10-9-24-15/h3-4,11-12H,5-10H2,1-2H3,(H,19,20,21). The van der Waals surface area contributed by atoms with Crippen LogP contribution < -0.4 is 19.7 Å². The van der Waals surface area contributed by atoms with Crippen LogP contribution in [0.4, 0.5) is 17.3 Å². The molecule has 0 spiro atoms. The topological polar surface area (TPSA) is 62.8 Å². The zero-order valence-electron chi connectivity index (χ0n) is 14.7. The van der Waals surface area contributed by atoms with E-state index >= 15 is 0 Å². The summed E-state index contributed by atoms with van der Waals surface area (Å²) < 4.78 is 11.2. The Morgan fingerprint density at radius 3 is 2.52 bits per heavy atom. The minimum absolute atomic E-state index is 0.580. The molecule has 7 heteroatoms. The van der Waals surface area contributed by atoms with Gasteiger partial charge >= 0.3 is 0 Å². The van der Waals surface area contributed by atoms with E-state index in [2.05, 4.69) is 32.1 Å². The van der Waals surface area contributed by atoms with Gasteiger partial charge < -0.3 is 24.6 Å². The lowest BCUT2D eigenvalue weighted by molar-refractivity contribution is 0.171. The van der Waals surface area contributed by atoms with Gasteiger partial charge in [0.2, 0.25) is 0 Å². The predicted octanol–water partition coefficient (Wildman–Crippen LogP) is 2.05. The first-order valence-electron chi connectivity index (χ1n) is 8.63. The van der Waals surface area contributed by atoms with Gasteiger partial charge in [0, 0.05) is 44.0 Å². The van der Waals surface area contributed by atoms with Gasteiger partial charge in [-0.1, -0.05) is 0 Å². The van der Waals surface area contributed by atoms with Gasteiger partial charge in [-0.2, -0.15) is 0 Å². The SMILES string of the molecule is Cc1nc(Nc2ccc3c(c2)OCCO3)cc(N2CCN(C)CC2)n1. The van der Waals surface area contributed by atoms with Crippen LogP contribution in [0.5, 0.6) is 11.5 Å². The van der Waals surface area contributed by atoms with Crippen LogP contribution in [0.3, 0.4) is 0 Å². The van der Waals surface area contributed by atoms with Crippen LogP contribution in [-0.2, 0) is 0 Å². The summed E-state index contributed by atoms with van der Waals surface area (Å²) in [6.45, 7) is 7.17. The molecule has 0 amide bonds. The lowest BCUT2D eigenvalue weighted by Gasteiger charge is -2.33. The summed E-state index contributed by atoms with van der Waals surface area (Å²) in [6.07, 6.45) is 0. The fraction of sp³-hybridized carbons (Fsp3) is 0.444. The van der Waals surface area contributed by atoms with Crippen LogP contribution in [0.15, 0.2) is 24.3 Å². The molecule has 1 aromatic heterocycles. The molecule has 3 heterocycles. The van der Waals surface area contributed by atoms with Gasteiger partial charge in [0.05, 0.1) is 0 Å². The lowest BCUT2D eigenvalue weighted by atomic mass is 10.2. The third-order valence-corrected chi connectivity index (χ3v) is 4.47. The van der Waals surface area contributed by atoms with Crippen LogP contribution in [0, 0.1) is 6.92 Å². The maximum atomic E-state index is 5.64. The maximum absolute atomic E-state index is 5.64. The Morgan fingerprint density at radius 2 is 1.72 bits per heavy atom. The van der Waals surface area contributed by atoms with Crippen LogP contribution in [0.2, 0.25) is 0 Å². The summed E-state index contributed by atoms with van der Waals surface area (Å²) in [5.41, 5.74) is 0.923. The van der Waals surface area contributed by atoms with Crippen molar-refractivity contribution in [1.82, 2.24) is 14.9 Å². The van der Waals surface area contributed by atoms with Crippen LogP contribution in [0.25, 0.3) is 0 Å². The summed E-state index contributed by atoms with van der Waals surface area (Å²) in [4.78, 5) is 13.8. The highest BCUT2D eigenvalue weighted by atomic mass is 16.6. The van der Waals surface area contributed by atoms with Gasteiger partial charge in [0.1, 0.15) is 30.7 Å². The van der Waals surface area contributed by atoms with Crippen molar-refractivity contribution in [2.24, 2.45) is 0 Å². The zero-order chi connectivity index (χ0) is 17.2. The van der Waals surface area contributed by atoms with Crippen molar-refractivity contribution in [3.8, 4) is 11.5 Å². The fourth-order valence-electron chi connectivity index (χ4n) is 3.08. The molecule has 2 aromatic rings. The minimum Gasteiger partial charge on any atom is -0.486 e. The number of hydrogen-bond acceptors (Lipinski definition) is 7. The number of rotatable bonds is 3. The summed E-state index contributed by atoms with van der Waals surface area (Å²) in [5.74, 6) is 4.07. The number of likely N-dealkylation sites (N-methyl/N-ethyl adjacent to an activating group) is 1. The molecule has 132 valence electrons. The second-order valence-electron chi connectivity index (χ2n) is 6.43. The molecule has 2 aliphatic heterocycles. The normalized spacial score (nSPS) is 17.4. The molecule has 0 unspecified atom stereocenters. The van der Waals surface area contributed by atoms with Crippen LogP contribution >= 0.6 is 0 Å². The van der Waals surface area contributed by atoms with Gasteiger partial charge in [-0.3, -0.25) is 0 Å². The molecule has 1 fully saturated rings. The molecule has 7 nitrogen and oxygen atoms in total. The third-order valence-electron chi connectivity index (χ3n) is 4.47. The molecular weight excluding hydrogens is 318 g/mol. The van der Waals surface area contributed by atoms with E-state index in [9.17, 15) is 0 Å². The van der Waals surface area contributed by atoms with Gasteiger partial charge in [-0.15, -0.1) is 0 Å². The molecule has 4 rings (SSSR count). The number of anilines is 3.